The van der Waals surface area contributed by atoms with Crippen LogP contribution in [-0.4, -0.2) is 75.3 Å². The molecule has 0 saturated heterocycles. The Morgan fingerprint density at radius 3 is 2.66 bits per heavy atom. The number of thioether (sulfide) groups is 1. The Bertz CT molecular complexity index is 1130. The molecule has 0 spiro atoms. The summed E-state index contributed by atoms with van der Waals surface area (Å²) in [5.74, 6) is -0.393. The largest absolute Gasteiger partial charge is 0.501 e. The van der Waals surface area contributed by atoms with Crippen molar-refractivity contribution in [3.05, 3.63) is 46.3 Å². The highest BCUT2D eigenvalue weighted by Crippen LogP contribution is 2.28. The van der Waals surface area contributed by atoms with E-state index in [1.165, 1.54) is 27.7 Å². The van der Waals surface area contributed by atoms with E-state index in [0.29, 0.717) is 43.0 Å². The van der Waals surface area contributed by atoms with Gasteiger partial charge in [0.2, 0.25) is 5.91 Å². The predicted octanol–water partition coefficient (Wildman–Crippen LogP) is 4.35. The van der Waals surface area contributed by atoms with Crippen LogP contribution in [0.15, 0.2) is 35.7 Å². The second-order valence-corrected chi connectivity index (χ2v) is 11.5. The smallest absolute Gasteiger partial charge is 0.352 e. The summed E-state index contributed by atoms with van der Waals surface area (Å²) in [4.78, 5) is 54.8. The number of nitrogens with one attached hydrogen (secondary N) is 1. The van der Waals surface area contributed by atoms with Gasteiger partial charge in [0.1, 0.15) is 5.71 Å². The zero-order valence-electron chi connectivity index (χ0n) is 21.9. The summed E-state index contributed by atoms with van der Waals surface area (Å²) in [6, 6.07) is 7.17. The van der Waals surface area contributed by atoms with Gasteiger partial charge in [-0.2, -0.15) is 14.3 Å². The van der Waals surface area contributed by atoms with Crippen LogP contribution in [0.1, 0.15) is 63.4 Å². The molecule has 2 heterocycles. The summed E-state index contributed by atoms with van der Waals surface area (Å²) in [5.41, 5.74) is 1.47. The van der Waals surface area contributed by atoms with Gasteiger partial charge in [0, 0.05) is 31.1 Å². The SMILES string of the molecule is CN(C(=O)C[N+]1=C2C=CSC2C(=O)N(CCCCCC(=O)NCc2ccccc2Cl)C1=O)C1CCCCC1. The summed E-state index contributed by atoms with van der Waals surface area (Å²) in [6.07, 6.45) is 9.51. The minimum Gasteiger partial charge on any atom is -0.352 e. The highest BCUT2D eigenvalue weighted by atomic mass is 35.5. The fraction of sp³-hybridized carbons (Fsp3) is 0.536. The lowest BCUT2D eigenvalue weighted by Crippen LogP contribution is -2.57. The lowest BCUT2D eigenvalue weighted by molar-refractivity contribution is -0.428. The molecule has 2 aliphatic heterocycles. The molecule has 1 aromatic carbocycles. The standard InChI is InChI=1S/C28H35ClN4O4S/c1-31(21-11-4-2-5-12-21)25(35)19-33-23-15-17-38-26(23)27(36)32(28(33)37)16-9-3-6-14-24(34)30-18-20-10-7-8-13-22(20)29/h7-8,10,13,15,17,21,26H,2-6,9,11-12,14,16,18-19H2,1H3/p+1. The first kappa shape index (κ1) is 28.4. The van der Waals surface area contributed by atoms with E-state index in [9.17, 15) is 19.2 Å². The molecule has 0 radical (unpaired) electrons. The number of carbonyl (C=O) groups excluding carboxylic acids is 4. The van der Waals surface area contributed by atoms with Crippen molar-refractivity contribution in [3.8, 4) is 0 Å². The Kier molecular flexibility index (Phi) is 10.0. The Labute approximate surface area is 233 Å². The van der Waals surface area contributed by atoms with E-state index in [1.807, 2.05) is 30.7 Å². The summed E-state index contributed by atoms with van der Waals surface area (Å²) >= 11 is 7.50. The molecule has 1 aliphatic carbocycles. The molecule has 1 atom stereocenters. The van der Waals surface area contributed by atoms with Crippen LogP contribution in [0.4, 0.5) is 4.79 Å². The first-order chi connectivity index (χ1) is 18.4. The van der Waals surface area contributed by atoms with E-state index in [4.69, 9.17) is 11.6 Å². The number of halogens is 1. The van der Waals surface area contributed by atoms with Gasteiger partial charge in [0.05, 0.1) is 6.54 Å². The van der Waals surface area contributed by atoms with Gasteiger partial charge in [0.15, 0.2) is 11.8 Å². The first-order valence-corrected chi connectivity index (χ1v) is 14.8. The number of fused-ring (bicyclic) bond motifs is 1. The first-order valence-electron chi connectivity index (χ1n) is 13.4. The highest BCUT2D eigenvalue weighted by Gasteiger charge is 2.49. The molecule has 1 saturated carbocycles. The number of amides is 5. The molecule has 0 aromatic heterocycles. The third-order valence-corrected chi connectivity index (χ3v) is 8.89. The van der Waals surface area contributed by atoms with Crippen molar-refractivity contribution in [2.75, 3.05) is 20.1 Å². The van der Waals surface area contributed by atoms with Crippen LogP contribution in [0.3, 0.4) is 0 Å². The zero-order chi connectivity index (χ0) is 27.1. The molecule has 204 valence electrons. The number of imide groups is 1. The molecule has 1 fully saturated rings. The molecule has 10 heteroatoms. The molecule has 1 aromatic rings. The molecule has 0 bridgehead atoms. The number of benzene rings is 1. The number of likely N-dealkylation sites (N-methyl/N-ethyl adjacent to an activating group) is 1. The highest BCUT2D eigenvalue weighted by molar-refractivity contribution is 8.04. The quantitative estimate of drug-likeness (QED) is 0.321. The maximum atomic E-state index is 13.4. The molecule has 4 rings (SSSR count). The van der Waals surface area contributed by atoms with Gasteiger partial charge in [-0.1, -0.05) is 49.1 Å². The third-order valence-electron chi connectivity index (χ3n) is 7.51. The van der Waals surface area contributed by atoms with Gasteiger partial charge in [-0.05, 0) is 55.2 Å². The average Bonchev–Trinajstić information content (AvgIpc) is 3.42. The number of allylic oxidation sites excluding steroid dienone is 1. The second-order valence-electron chi connectivity index (χ2n) is 10.1. The van der Waals surface area contributed by atoms with Gasteiger partial charge in [-0.3, -0.25) is 9.59 Å². The van der Waals surface area contributed by atoms with E-state index in [2.05, 4.69) is 5.32 Å². The molecular weight excluding hydrogens is 524 g/mol. The van der Waals surface area contributed by atoms with Crippen LogP contribution < -0.4 is 5.32 Å². The molecular formula is C28H36ClN4O4S+. The van der Waals surface area contributed by atoms with Crippen LogP contribution in [-0.2, 0) is 20.9 Å². The summed E-state index contributed by atoms with van der Waals surface area (Å²) in [7, 11) is 1.82. The monoisotopic (exact) mass is 559 g/mol. The number of nitrogens with zero attached hydrogens (tertiary/aromatic N) is 3. The van der Waals surface area contributed by atoms with Gasteiger partial charge < -0.3 is 10.2 Å². The van der Waals surface area contributed by atoms with Crippen LogP contribution in [0.5, 0.6) is 0 Å². The number of urea groups is 1. The third kappa shape index (κ3) is 6.86. The van der Waals surface area contributed by atoms with Crippen LogP contribution in [0.2, 0.25) is 5.02 Å². The van der Waals surface area contributed by atoms with Gasteiger partial charge in [0.25, 0.3) is 5.91 Å². The Morgan fingerprint density at radius 1 is 1.13 bits per heavy atom. The molecule has 3 aliphatic rings. The summed E-state index contributed by atoms with van der Waals surface area (Å²) < 4.78 is 1.48. The molecule has 8 nitrogen and oxygen atoms in total. The number of hydrogen-bond acceptors (Lipinski definition) is 5. The average molecular weight is 560 g/mol. The minimum absolute atomic E-state index is 0.0576. The predicted molar refractivity (Wildman–Crippen MR) is 149 cm³/mol. The topological polar surface area (TPSA) is 89.8 Å². The van der Waals surface area contributed by atoms with Crippen molar-refractivity contribution in [2.24, 2.45) is 0 Å². The maximum Gasteiger partial charge on any atom is 0.501 e. The van der Waals surface area contributed by atoms with Gasteiger partial charge in [-0.25, -0.2) is 4.79 Å². The number of hydrogen-bond donors (Lipinski definition) is 1. The van der Waals surface area contributed by atoms with Crippen LogP contribution in [0, 0.1) is 0 Å². The lowest BCUT2D eigenvalue weighted by Gasteiger charge is -2.31. The minimum atomic E-state index is -0.490. The van der Waals surface area contributed by atoms with Gasteiger partial charge in [-0.15, -0.1) is 11.8 Å². The molecule has 1 N–H and O–H groups in total. The molecule has 38 heavy (non-hydrogen) atoms. The van der Waals surface area contributed by atoms with E-state index in [1.54, 1.807) is 17.0 Å². The normalized spacial score (nSPS) is 19.6. The molecule has 1 unspecified atom stereocenters. The van der Waals surface area contributed by atoms with Crippen molar-refractivity contribution in [3.63, 3.8) is 0 Å². The van der Waals surface area contributed by atoms with Crippen molar-refractivity contribution >= 4 is 52.8 Å². The fourth-order valence-electron chi connectivity index (χ4n) is 5.19. The van der Waals surface area contributed by atoms with Crippen molar-refractivity contribution < 1.29 is 23.8 Å². The maximum absolute atomic E-state index is 13.4. The Hall–Kier alpha value is -2.65. The van der Waals surface area contributed by atoms with E-state index in [-0.39, 0.29) is 36.9 Å². The fourth-order valence-corrected chi connectivity index (χ4v) is 6.36. The number of rotatable bonds is 11. The van der Waals surface area contributed by atoms with Crippen molar-refractivity contribution in [2.45, 2.75) is 75.6 Å². The van der Waals surface area contributed by atoms with E-state index in [0.717, 1.165) is 31.2 Å². The van der Waals surface area contributed by atoms with Gasteiger partial charge >= 0.3 is 11.9 Å². The molecule has 5 amide bonds. The zero-order valence-corrected chi connectivity index (χ0v) is 23.4. The van der Waals surface area contributed by atoms with Crippen molar-refractivity contribution in [1.82, 2.24) is 15.1 Å². The summed E-state index contributed by atoms with van der Waals surface area (Å²) in [5, 5.41) is 4.83. The Morgan fingerprint density at radius 2 is 1.89 bits per heavy atom. The van der Waals surface area contributed by atoms with E-state index < -0.39 is 11.3 Å². The number of carbonyl (C=O) groups is 4. The Balaban J connectivity index is 1.26. The van der Waals surface area contributed by atoms with E-state index >= 15 is 0 Å². The summed E-state index contributed by atoms with van der Waals surface area (Å²) in [6.45, 7) is 0.593. The van der Waals surface area contributed by atoms with Crippen LogP contribution >= 0.6 is 23.4 Å². The lowest BCUT2D eigenvalue weighted by atomic mass is 9.94. The van der Waals surface area contributed by atoms with Crippen LogP contribution in [0.25, 0.3) is 0 Å². The second kappa shape index (κ2) is 13.4. The number of unbranched alkanes of at least 4 members (excludes halogenated alkanes) is 2. The van der Waals surface area contributed by atoms with Crippen molar-refractivity contribution in [1.29, 1.82) is 0 Å².